The molecule has 0 saturated heterocycles. The van der Waals surface area contributed by atoms with Gasteiger partial charge in [0.15, 0.2) is 0 Å². The summed E-state index contributed by atoms with van der Waals surface area (Å²) in [5, 5.41) is 10.1. The highest BCUT2D eigenvalue weighted by atomic mass is 35.5. The van der Waals surface area contributed by atoms with Crippen molar-refractivity contribution in [1.29, 1.82) is 0 Å². The van der Waals surface area contributed by atoms with E-state index in [1.807, 2.05) is 12.1 Å². The van der Waals surface area contributed by atoms with Gasteiger partial charge in [-0.2, -0.15) is 0 Å². The molecular weight excluding hydrogens is 435 g/mol. The number of thiazole rings is 1. The maximum Gasteiger partial charge on any atom is 0.231 e. The number of rotatable bonds is 7. The zero-order chi connectivity index (χ0) is 20.9. The lowest BCUT2D eigenvalue weighted by Crippen LogP contribution is -2.18. The van der Waals surface area contributed by atoms with Crippen molar-refractivity contribution in [3.63, 3.8) is 0 Å². The molecule has 0 N–H and O–H groups in total. The molecule has 4 rings (SSSR count). The molecule has 0 fully saturated rings. The monoisotopic (exact) mass is 454 g/mol. The van der Waals surface area contributed by atoms with Gasteiger partial charge in [-0.25, -0.2) is 4.98 Å². The van der Waals surface area contributed by atoms with E-state index in [4.69, 9.17) is 23.2 Å². The van der Waals surface area contributed by atoms with Crippen LogP contribution in [0.2, 0.25) is 10.0 Å². The predicted octanol–water partition coefficient (Wildman–Crippen LogP) is 8.09. The lowest BCUT2D eigenvalue weighted by molar-refractivity contribution is 0.786. The number of hydrogen-bond donors (Lipinski definition) is 0. The summed E-state index contributed by atoms with van der Waals surface area (Å²) >= 11 is 13.5. The second-order valence-electron chi connectivity index (χ2n) is 6.96. The van der Waals surface area contributed by atoms with Gasteiger partial charge in [-0.15, -0.1) is 10.2 Å². The number of nitrogens with zero attached hydrogens (tertiary/aromatic N) is 4. The molecular formula is C23H20Cl2N4S. The van der Waals surface area contributed by atoms with Gasteiger partial charge >= 0.3 is 0 Å². The molecule has 0 saturated carbocycles. The van der Waals surface area contributed by atoms with Crippen LogP contribution in [-0.4, -0.2) is 18.6 Å². The Morgan fingerprint density at radius 3 is 2.43 bits per heavy atom. The molecule has 0 aliphatic heterocycles. The highest BCUT2D eigenvalue weighted by molar-refractivity contribution is 7.22. The Hall–Kier alpha value is -2.47. The molecule has 0 radical (unpaired) electrons. The first kappa shape index (κ1) is 20.8. The number of aromatic nitrogens is 1. The summed E-state index contributed by atoms with van der Waals surface area (Å²) in [7, 11) is 2.11. The molecule has 0 atom stereocenters. The summed E-state index contributed by atoms with van der Waals surface area (Å²) in [4.78, 5) is 6.70. The van der Waals surface area contributed by atoms with Crippen LogP contribution in [0.1, 0.15) is 12.0 Å². The van der Waals surface area contributed by atoms with Gasteiger partial charge in [-0.3, -0.25) is 0 Å². The van der Waals surface area contributed by atoms with Crippen molar-refractivity contribution in [2.75, 3.05) is 18.5 Å². The topological polar surface area (TPSA) is 40.9 Å². The van der Waals surface area contributed by atoms with Crippen molar-refractivity contribution in [1.82, 2.24) is 4.98 Å². The summed E-state index contributed by atoms with van der Waals surface area (Å²) in [6.07, 6.45) is 2.18. The lowest BCUT2D eigenvalue weighted by atomic mass is 10.1. The van der Waals surface area contributed by atoms with E-state index in [-0.39, 0.29) is 0 Å². The second-order valence-corrected chi connectivity index (χ2v) is 8.78. The van der Waals surface area contributed by atoms with Crippen LogP contribution < -0.4 is 4.90 Å². The fourth-order valence-corrected chi connectivity index (χ4v) is 4.32. The third-order valence-corrected chi connectivity index (χ3v) is 6.39. The molecule has 0 spiro atoms. The fraction of sp³-hybridized carbons (Fsp3) is 0.174. The molecule has 3 aromatic carbocycles. The first-order valence-corrected chi connectivity index (χ1v) is 11.2. The normalized spacial score (nSPS) is 11.4. The van der Waals surface area contributed by atoms with Crippen LogP contribution in [0.25, 0.3) is 10.2 Å². The van der Waals surface area contributed by atoms with Gasteiger partial charge in [0.05, 0.1) is 25.9 Å². The van der Waals surface area contributed by atoms with Crippen molar-refractivity contribution in [3.05, 3.63) is 82.3 Å². The number of azo groups is 1. The number of hydrogen-bond acceptors (Lipinski definition) is 5. The highest BCUT2D eigenvalue weighted by Gasteiger charge is 2.07. The molecule has 0 aliphatic carbocycles. The molecule has 4 nitrogen and oxygen atoms in total. The second kappa shape index (κ2) is 9.56. The first-order valence-electron chi connectivity index (χ1n) is 9.61. The van der Waals surface area contributed by atoms with E-state index in [2.05, 4.69) is 69.6 Å². The van der Waals surface area contributed by atoms with Gasteiger partial charge in [0.2, 0.25) is 5.13 Å². The van der Waals surface area contributed by atoms with E-state index >= 15 is 0 Å². The summed E-state index contributed by atoms with van der Waals surface area (Å²) < 4.78 is 0.936. The molecule has 30 heavy (non-hydrogen) atoms. The molecule has 1 heterocycles. The van der Waals surface area contributed by atoms with E-state index in [0.717, 1.165) is 41.0 Å². The number of fused-ring (bicyclic) bond motifs is 1. The minimum absolute atomic E-state index is 0.487. The highest BCUT2D eigenvalue weighted by Crippen LogP contribution is 2.34. The van der Waals surface area contributed by atoms with Gasteiger partial charge in [-0.1, -0.05) is 64.9 Å². The van der Waals surface area contributed by atoms with Crippen LogP contribution in [0.4, 0.5) is 16.5 Å². The maximum absolute atomic E-state index is 6.06. The van der Waals surface area contributed by atoms with Gasteiger partial charge in [0, 0.05) is 19.3 Å². The van der Waals surface area contributed by atoms with Crippen LogP contribution in [0.15, 0.2) is 77.0 Å². The molecule has 7 heteroatoms. The number of aryl methyl sites for hydroxylation is 1. The fourth-order valence-electron chi connectivity index (χ4n) is 3.12. The Balaban J connectivity index is 1.36. The molecule has 0 amide bonds. The van der Waals surface area contributed by atoms with E-state index in [9.17, 15) is 0 Å². The van der Waals surface area contributed by atoms with Crippen molar-refractivity contribution in [3.8, 4) is 0 Å². The van der Waals surface area contributed by atoms with Gasteiger partial charge in [0.1, 0.15) is 0 Å². The van der Waals surface area contributed by atoms with Crippen LogP contribution in [0.3, 0.4) is 0 Å². The van der Waals surface area contributed by atoms with Crippen molar-refractivity contribution in [2.24, 2.45) is 10.2 Å². The van der Waals surface area contributed by atoms with E-state index in [1.54, 1.807) is 12.1 Å². The van der Waals surface area contributed by atoms with E-state index in [1.165, 1.54) is 16.9 Å². The standard InChI is InChI=1S/C23H20Cl2N4S/c1-29(13-5-8-16-6-3-2-4-7-16)18-11-9-17(10-12-18)27-28-23-26-21-14-19(24)20(25)15-22(21)30-23/h2-4,6-7,9-12,14-15H,5,8,13H2,1H3. The SMILES string of the molecule is CN(CCCc1ccccc1)c1ccc(N=Nc2nc3cc(Cl)c(Cl)cc3s2)cc1. The summed E-state index contributed by atoms with van der Waals surface area (Å²) in [6, 6.07) is 22.2. The number of halogens is 2. The zero-order valence-electron chi connectivity index (χ0n) is 16.4. The average Bonchev–Trinajstić information content (AvgIpc) is 3.15. The minimum Gasteiger partial charge on any atom is -0.375 e. The smallest absolute Gasteiger partial charge is 0.231 e. The molecule has 1 aromatic heterocycles. The third kappa shape index (κ3) is 5.17. The Kier molecular flexibility index (Phi) is 6.62. The summed E-state index contributed by atoms with van der Waals surface area (Å²) in [5.74, 6) is 0. The molecule has 0 bridgehead atoms. The molecule has 152 valence electrons. The largest absolute Gasteiger partial charge is 0.375 e. The minimum atomic E-state index is 0.487. The van der Waals surface area contributed by atoms with Crippen molar-refractivity contribution in [2.45, 2.75) is 12.8 Å². The molecule has 0 aliphatic rings. The number of benzene rings is 3. The van der Waals surface area contributed by atoms with Crippen LogP contribution in [0, 0.1) is 0 Å². The Bertz CT molecular complexity index is 1120. The predicted molar refractivity (Wildman–Crippen MR) is 128 cm³/mol. The zero-order valence-corrected chi connectivity index (χ0v) is 18.8. The van der Waals surface area contributed by atoms with Crippen LogP contribution >= 0.6 is 34.5 Å². The number of anilines is 1. The molecule has 4 aromatic rings. The Labute approximate surface area is 189 Å². The van der Waals surface area contributed by atoms with Crippen LogP contribution in [0.5, 0.6) is 0 Å². The van der Waals surface area contributed by atoms with Gasteiger partial charge in [-0.05, 0) is 54.8 Å². The Morgan fingerprint density at radius 2 is 1.67 bits per heavy atom. The lowest BCUT2D eigenvalue weighted by Gasteiger charge is -2.19. The summed E-state index contributed by atoms with van der Waals surface area (Å²) in [5.41, 5.74) is 4.09. The van der Waals surface area contributed by atoms with Crippen LogP contribution in [-0.2, 0) is 6.42 Å². The first-order chi connectivity index (χ1) is 14.6. The van der Waals surface area contributed by atoms with Crippen molar-refractivity contribution < 1.29 is 0 Å². The summed E-state index contributed by atoms with van der Waals surface area (Å²) in [6.45, 7) is 0.993. The van der Waals surface area contributed by atoms with E-state index < -0.39 is 0 Å². The maximum atomic E-state index is 6.06. The average molecular weight is 455 g/mol. The Morgan fingerprint density at radius 1 is 0.933 bits per heavy atom. The quantitative estimate of drug-likeness (QED) is 0.264. The van der Waals surface area contributed by atoms with E-state index in [0.29, 0.717) is 15.2 Å². The third-order valence-electron chi connectivity index (χ3n) is 4.76. The molecule has 0 unspecified atom stereocenters. The van der Waals surface area contributed by atoms with Gasteiger partial charge in [0.25, 0.3) is 0 Å². The van der Waals surface area contributed by atoms with Crippen molar-refractivity contribution >= 4 is 61.3 Å². The van der Waals surface area contributed by atoms with Gasteiger partial charge < -0.3 is 4.90 Å².